The number of fused-ring (bicyclic) bond motifs is 1. The zero-order chi connectivity index (χ0) is 10.7. The zero-order valence-electron chi connectivity index (χ0n) is 9.42. The van der Waals surface area contributed by atoms with Crippen molar-refractivity contribution in [2.75, 3.05) is 13.7 Å². The SMILES string of the molecule is CCCC1=NCCc2c(OC)cccc21. The van der Waals surface area contributed by atoms with E-state index in [0.29, 0.717) is 0 Å². The third kappa shape index (κ3) is 1.89. The molecule has 0 aromatic heterocycles. The summed E-state index contributed by atoms with van der Waals surface area (Å²) in [5.41, 5.74) is 3.87. The molecule has 2 rings (SSSR count). The van der Waals surface area contributed by atoms with E-state index in [2.05, 4.69) is 18.0 Å². The van der Waals surface area contributed by atoms with Crippen LogP contribution in [0.4, 0.5) is 0 Å². The standard InChI is InChI=1S/C13H17NO/c1-3-5-12-10-6-4-7-13(15-2)11(10)8-9-14-12/h4,6-7H,3,5,8-9H2,1-2H3. The van der Waals surface area contributed by atoms with Gasteiger partial charge in [0.2, 0.25) is 0 Å². The highest BCUT2D eigenvalue weighted by Gasteiger charge is 2.16. The maximum Gasteiger partial charge on any atom is 0.122 e. The van der Waals surface area contributed by atoms with Crippen LogP contribution >= 0.6 is 0 Å². The normalized spacial score (nSPS) is 14.4. The number of hydrogen-bond acceptors (Lipinski definition) is 2. The lowest BCUT2D eigenvalue weighted by molar-refractivity contribution is 0.409. The van der Waals surface area contributed by atoms with Crippen LogP contribution in [-0.4, -0.2) is 19.4 Å². The lowest BCUT2D eigenvalue weighted by Gasteiger charge is -2.18. The number of ether oxygens (including phenoxy) is 1. The van der Waals surface area contributed by atoms with Crippen LogP contribution in [0.1, 0.15) is 30.9 Å². The van der Waals surface area contributed by atoms with E-state index in [-0.39, 0.29) is 0 Å². The molecule has 0 saturated heterocycles. The molecule has 0 fully saturated rings. The molecule has 80 valence electrons. The van der Waals surface area contributed by atoms with E-state index in [1.54, 1.807) is 7.11 Å². The fourth-order valence-corrected chi connectivity index (χ4v) is 2.12. The average Bonchev–Trinajstić information content (AvgIpc) is 2.29. The molecule has 0 N–H and O–H groups in total. The smallest absolute Gasteiger partial charge is 0.122 e. The first-order valence-electron chi connectivity index (χ1n) is 5.56. The second kappa shape index (κ2) is 4.47. The Balaban J connectivity index is 2.42. The molecule has 1 aromatic rings. The van der Waals surface area contributed by atoms with Gasteiger partial charge in [0.25, 0.3) is 0 Å². The van der Waals surface area contributed by atoms with Gasteiger partial charge >= 0.3 is 0 Å². The number of aliphatic imine (C=N–C) groups is 1. The highest BCUT2D eigenvalue weighted by atomic mass is 16.5. The van der Waals surface area contributed by atoms with Crippen molar-refractivity contribution in [2.45, 2.75) is 26.2 Å². The van der Waals surface area contributed by atoms with E-state index in [1.807, 2.05) is 12.1 Å². The summed E-state index contributed by atoms with van der Waals surface area (Å²) in [6.07, 6.45) is 3.22. The van der Waals surface area contributed by atoms with Crippen molar-refractivity contribution in [1.82, 2.24) is 0 Å². The summed E-state index contributed by atoms with van der Waals surface area (Å²) >= 11 is 0. The van der Waals surface area contributed by atoms with Crippen LogP contribution in [-0.2, 0) is 6.42 Å². The highest BCUT2D eigenvalue weighted by molar-refractivity contribution is 6.03. The third-order valence-corrected chi connectivity index (χ3v) is 2.82. The molecular formula is C13H17NO. The van der Waals surface area contributed by atoms with E-state index in [9.17, 15) is 0 Å². The summed E-state index contributed by atoms with van der Waals surface area (Å²) in [6.45, 7) is 3.10. The summed E-state index contributed by atoms with van der Waals surface area (Å²) in [4.78, 5) is 4.60. The van der Waals surface area contributed by atoms with Gasteiger partial charge in [-0.25, -0.2) is 0 Å². The summed E-state index contributed by atoms with van der Waals surface area (Å²) < 4.78 is 5.38. The van der Waals surface area contributed by atoms with Gasteiger partial charge < -0.3 is 4.74 Å². The largest absolute Gasteiger partial charge is 0.496 e. The molecule has 0 amide bonds. The van der Waals surface area contributed by atoms with E-state index in [4.69, 9.17) is 4.74 Å². The van der Waals surface area contributed by atoms with Crippen molar-refractivity contribution < 1.29 is 4.74 Å². The molecule has 1 heterocycles. The number of methoxy groups -OCH3 is 1. The van der Waals surface area contributed by atoms with Gasteiger partial charge in [0.05, 0.1) is 7.11 Å². The number of nitrogens with zero attached hydrogens (tertiary/aromatic N) is 1. The summed E-state index contributed by atoms with van der Waals surface area (Å²) in [5.74, 6) is 1.01. The minimum Gasteiger partial charge on any atom is -0.496 e. The quantitative estimate of drug-likeness (QED) is 0.740. The molecule has 0 bridgehead atoms. The Morgan fingerprint density at radius 3 is 3.00 bits per heavy atom. The van der Waals surface area contributed by atoms with Gasteiger partial charge in [-0.1, -0.05) is 25.5 Å². The second-order valence-corrected chi connectivity index (χ2v) is 3.81. The molecule has 2 nitrogen and oxygen atoms in total. The minimum atomic E-state index is 0.905. The first-order valence-corrected chi connectivity index (χ1v) is 5.56. The zero-order valence-corrected chi connectivity index (χ0v) is 9.42. The van der Waals surface area contributed by atoms with Crippen molar-refractivity contribution in [1.29, 1.82) is 0 Å². The van der Waals surface area contributed by atoms with Gasteiger partial charge in [-0.05, 0) is 18.9 Å². The fraction of sp³-hybridized carbons (Fsp3) is 0.462. The van der Waals surface area contributed by atoms with Crippen LogP contribution in [0.25, 0.3) is 0 Å². The Morgan fingerprint density at radius 2 is 2.27 bits per heavy atom. The molecule has 0 unspecified atom stereocenters. The average molecular weight is 203 g/mol. The molecule has 2 heteroatoms. The van der Waals surface area contributed by atoms with Crippen molar-refractivity contribution in [2.24, 2.45) is 4.99 Å². The van der Waals surface area contributed by atoms with Crippen molar-refractivity contribution in [3.05, 3.63) is 29.3 Å². The maximum absolute atomic E-state index is 5.38. The highest BCUT2D eigenvalue weighted by Crippen LogP contribution is 2.27. The van der Waals surface area contributed by atoms with E-state index in [1.165, 1.54) is 16.8 Å². The van der Waals surface area contributed by atoms with Crippen LogP contribution in [0.2, 0.25) is 0 Å². The summed E-state index contributed by atoms with van der Waals surface area (Å²) in [7, 11) is 1.74. The molecule has 1 aliphatic heterocycles. The summed E-state index contributed by atoms with van der Waals surface area (Å²) in [5, 5.41) is 0. The monoisotopic (exact) mass is 203 g/mol. The van der Waals surface area contributed by atoms with Crippen molar-refractivity contribution in [3.63, 3.8) is 0 Å². The molecule has 0 atom stereocenters. The van der Waals surface area contributed by atoms with Crippen molar-refractivity contribution in [3.8, 4) is 5.75 Å². The molecule has 0 spiro atoms. The predicted molar refractivity (Wildman–Crippen MR) is 63.0 cm³/mol. The summed E-state index contributed by atoms with van der Waals surface area (Å²) in [6, 6.07) is 6.24. The Morgan fingerprint density at radius 1 is 1.40 bits per heavy atom. The molecule has 1 aliphatic rings. The van der Waals surface area contributed by atoms with Gasteiger partial charge in [-0.3, -0.25) is 4.99 Å². The Kier molecular flexibility index (Phi) is 3.05. The fourth-order valence-electron chi connectivity index (χ4n) is 2.12. The van der Waals surface area contributed by atoms with Crippen LogP contribution in [0, 0.1) is 0 Å². The molecule has 0 aliphatic carbocycles. The lowest BCUT2D eigenvalue weighted by Crippen LogP contribution is -2.13. The third-order valence-electron chi connectivity index (χ3n) is 2.82. The van der Waals surface area contributed by atoms with Crippen LogP contribution < -0.4 is 4.74 Å². The van der Waals surface area contributed by atoms with Gasteiger partial charge in [0.15, 0.2) is 0 Å². The predicted octanol–water partition coefficient (Wildman–Crippen LogP) is 2.84. The van der Waals surface area contributed by atoms with Crippen molar-refractivity contribution >= 4 is 5.71 Å². The van der Waals surface area contributed by atoms with Gasteiger partial charge in [-0.15, -0.1) is 0 Å². The molecular weight excluding hydrogens is 186 g/mol. The second-order valence-electron chi connectivity index (χ2n) is 3.81. The lowest BCUT2D eigenvalue weighted by atomic mass is 9.94. The van der Waals surface area contributed by atoms with E-state index in [0.717, 1.165) is 31.6 Å². The van der Waals surface area contributed by atoms with Gasteiger partial charge in [0.1, 0.15) is 5.75 Å². The molecule has 0 radical (unpaired) electrons. The molecule has 1 aromatic carbocycles. The Bertz CT molecular complexity index is 382. The first-order chi connectivity index (χ1) is 7.36. The Hall–Kier alpha value is -1.31. The van der Waals surface area contributed by atoms with Crippen LogP contribution in [0.5, 0.6) is 5.75 Å². The Labute approximate surface area is 91.0 Å². The van der Waals surface area contributed by atoms with E-state index >= 15 is 0 Å². The van der Waals surface area contributed by atoms with Gasteiger partial charge in [0, 0.05) is 23.4 Å². The van der Waals surface area contributed by atoms with Crippen LogP contribution in [0.3, 0.4) is 0 Å². The molecule has 0 saturated carbocycles. The minimum absolute atomic E-state index is 0.905. The number of benzene rings is 1. The molecule has 15 heavy (non-hydrogen) atoms. The van der Waals surface area contributed by atoms with E-state index < -0.39 is 0 Å². The topological polar surface area (TPSA) is 21.6 Å². The maximum atomic E-state index is 5.38. The number of rotatable bonds is 3. The van der Waals surface area contributed by atoms with Gasteiger partial charge in [-0.2, -0.15) is 0 Å². The first kappa shape index (κ1) is 10.2. The number of hydrogen-bond donors (Lipinski definition) is 0. The van der Waals surface area contributed by atoms with Crippen LogP contribution in [0.15, 0.2) is 23.2 Å².